The zero-order chi connectivity index (χ0) is 11.5. The lowest BCUT2D eigenvalue weighted by molar-refractivity contribution is 0.0745. The van der Waals surface area contributed by atoms with E-state index in [0.717, 1.165) is 25.4 Å². The highest BCUT2D eigenvalue weighted by molar-refractivity contribution is 9.10. The molecule has 2 rings (SSSR count). The fourth-order valence-corrected chi connectivity index (χ4v) is 2.18. The lowest BCUT2D eigenvalue weighted by Crippen LogP contribution is -2.33. The Kier molecular flexibility index (Phi) is 3.69. The minimum Gasteiger partial charge on any atom is -0.457 e. The standard InChI is InChI=1S/C12H16BrNO2/c1-2-6-14(8-9-3-4-9)12(15)10-5-7-16-11(10)13/h5,7,9H,2-4,6,8H2,1H3. The fraction of sp³-hybridized carbons (Fsp3) is 0.583. The largest absolute Gasteiger partial charge is 0.457 e. The van der Waals surface area contributed by atoms with E-state index in [0.29, 0.717) is 10.2 Å². The van der Waals surface area contributed by atoms with Gasteiger partial charge in [0.15, 0.2) is 4.67 Å². The van der Waals surface area contributed by atoms with Gasteiger partial charge in [0.2, 0.25) is 0 Å². The molecule has 1 fully saturated rings. The second-order valence-corrected chi connectivity index (χ2v) is 5.02. The first-order valence-electron chi connectivity index (χ1n) is 5.74. The van der Waals surface area contributed by atoms with Crippen LogP contribution in [0.1, 0.15) is 36.5 Å². The summed E-state index contributed by atoms with van der Waals surface area (Å²) in [5.74, 6) is 0.801. The van der Waals surface area contributed by atoms with Crippen LogP contribution < -0.4 is 0 Å². The summed E-state index contributed by atoms with van der Waals surface area (Å²) < 4.78 is 5.64. The van der Waals surface area contributed by atoms with Crippen LogP contribution >= 0.6 is 15.9 Å². The first-order chi connectivity index (χ1) is 7.72. The van der Waals surface area contributed by atoms with E-state index in [2.05, 4.69) is 22.9 Å². The van der Waals surface area contributed by atoms with Crippen molar-refractivity contribution in [2.75, 3.05) is 13.1 Å². The van der Waals surface area contributed by atoms with Gasteiger partial charge in [-0.15, -0.1) is 0 Å². The minimum atomic E-state index is 0.0781. The van der Waals surface area contributed by atoms with Crippen molar-refractivity contribution in [2.45, 2.75) is 26.2 Å². The molecule has 0 bridgehead atoms. The molecule has 1 saturated carbocycles. The van der Waals surface area contributed by atoms with Gasteiger partial charge in [0.05, 0.1) is 11.8 Å². The number of hydrogen-bond donors (Lipinski definition) is 0. The van der Waals surface area contributed by atoms with E-state index in [1.54, 1.807) is 12.3 Å². The lowest BCUT2D eigenvalue weighted by Gasteiger charge is -2.21. The Morgan fingerprint density at radius 3 is 2.88 bits per heavy atom. The molecule has 1 heterocycles. The highest BCUT2D eigenvalue weighted by Gasteiger charge is 2.28. The molecule has 0 unspecified atom stereocenters. The van der Waals surface area contributed by atoms with Crippen LogP contribution in [0.15, 0.2) is 21.4 Å². The number of nitrogens with zero attached hydrogens (tertiary/aromatic N) is 1. The van der Waals surface area contributed by atoms with Gasteiger partial charge >= 0.3 is 0 Å². The number of carbonyl (C=O) groups is 1. The van der Waals surface area contributed by atoms with Crippen LogP contribution in [0.5, 0.6) is 0 Å². The van der Waals surface area contributed by atoms with E-state index in [1.807, 2.05) is 4.90 Å². The third-order valence-corrected chi connectivity index (χ3v) is 3.42. The fourth-order valence-electron chi connectivity index (χ4n) is 1.77. The van der Waals surface area contributed by atoms with Crippen molar-refractivity contribution in [3.05, 3.63) is 22.6 Å². The van der Waals surface area contributed by atoms with Crippen molar-refractivity contribution in [3.63, 3.8) is 0 Å². The van der Waals surface area contributed by atoms with Gasteiger partial charge in [-0.25, -0.2) is 0 Å². The Bertz CT molecular complexity index is 371. The number of halogens is 1. The molecule has 3 nitrogen and oxygen atoms in total. The highest BCUT2D eigenvalue weighted by Crippen LogP contribution is 2.30. The van der Waals surface area contributed by atoms with Crippen LogP contribution in [0.2, 0.25) is 0 Å². The molecule has 1 amide bonds. The van der Waals surface area contributed by atoms with Crippen molar-refractivity contribution < 1.29 is 9.21 Å². The molecule has 4 heteroatoms. The van der Waals surface area contributed by atoms with Crippen LogP contribution in [0, 0.1) is 5.92 Å². The molecule has 16 heavy (non-hydrogen) atoms. The smallest absolute Gasteiger partial charge is 0.258 e. The molecule has 88 valence electrons. The van der Waals surface area contributed by atoms with E-state index in [-0.39, 0.29) is 5.91 Å². The van der Waals surface area contributed by atoms with Crippen LogP contribution in [0.4, 0.5) is 0 Å². The number of amides is 1. The summed E-state index contributed by atoms with van der Waals surface area (Å²) in [4.78, 5) is 14.2. The van der Waals surface area contributed by atoms with Gasteiger partial charge in [0.1, 0.15) is 0 Å². The van der Waals surface area contributed by atoms with Gasteiger partial charge in [-0.1, -0.05) is 6.92 Å². The van der Waals surface area contributed by atoms with E-state index in [4.69, 9.17) is 4.42 Å². The number of hydrogen-bond acceptors (Lipinski definition) is 2. The monoisotopic (exact) mass is 285 g/mol. The molecule has 0 spiro atoms. The molecular weight excluding hydrogens is 270 g/mol. The van der Waals surface area contributed by atoms with Crippen molar-refractivity contribution in [2.24, 2.45) is 5.92 Å². The zero-order valence-corrected chi connectivity index (χ0v) is 11.0. The predicted molar refractivity (Wildman–Crippen MR) is 65.3 cm³/mol. The highest BCUT2D eigenvalue weighted by atomic mass is 79.9. The maximum absolute atomic E-state index is 12.2. The van der Waals surface area contributed by atoms with Gasteiger partial charge in [-0.3, -0.25) is 4.79 Å². The van der Waals surface area contributed by atoms with Crippen molar-refractivity contribution in [1.29, 1.82) is 0 Å². The molecule has 1 aliphatic carbocycles. The molecule has 0 aliphatic heterocycles. The number of carbonyl (C=O) groups excluding carboxylic acids is 1. The average molecular weight is 286 g/mol. The quantitative estimate of drug-likeness (QED) is 0.832. The Hall–Kier alpha value is -0.770. The van der Waals surface area contributed by atoms with Crippen molar-refractivity contribution in [1.82, 2.24) is 4.90 Å². The van der Waals surface area contributed by atoms with Crippen molar-refractivity contribution >= 4 is 21.8 Å². The van der Waals surface area contributed by atoms with Gasteiger partial charge < -0.3 is 9.32 Å². The molecule has 0 radical (unpaired) electrons. The second-order valence-electron chi connectivity index (χ2n) is 4.30. The third-order valence-electron chi connectivity index (χ3n) is 2.80. The maximum atomic E-state index is 12.2. The number of furan rings is 1. The summed E-state index contributed by atoms with van der Waals surface area (Å²) in [7, 11) is 0. The predicted octanol–water partition coefficient (Wildman–Crippen LogP) is 3.30. The van der Waals surface area contributed by atoms with Crippen molar-refractivity contribution in [3.8, 4) is 0 Å². The summed E-state index contributed by atoms with van der Waals surface area (Å²) in [6.45, 7) is 3.81. The van der Waals surface area contributed by atoms with Gasteiger partial charge in [-0.2, -0.15) is 0 Å². The first-order valence-corrected chi connectivity index (χ1v) is 6.54. The van der Waals surface area contributed by atoms with Crippen LogP contribution in [0.3, 0.4) is 0 Å². The summed E-state index contributed by atoms with van der Waals surface area (Å²) in [6, 6.07) is 1.72. The SMILES string of the molecule is CCCN(CC1CC1)C(=O)c1ccoc1Br. The molecule has 1 aromatic rings. The van der Waals surface area contributed by atoms with Crippen LogP contribution in [-0.4, -0.2) is 23.9 Å². The van der Waals surface area contributed by atoms with Gasteiger partial charge in [-0.05, 0) is 47.2 Å². The minimum absolute atomic E-state index is 0.0781. The molecule has 0 saturated heterocycles. The Balaban J connectivity index is 2.06. The maximum Gasteiger partial charge on any atom is 0.258 e. The molecule has 1 aromatic heterocycles. The molecule has 1 aliphatic rings. The lowest BCUT2D eigenvalue weighted by atomic mass is 10.2. The number of rotatable bonds is 5. The van der Waals surface area contributed by atoms with E-state index < -0.39 is 0 Å². The average Bonchev–Trinajstić information content (AvgIpc) is 2.98. The molecule has 0 aromatic carbocycles. The molecule has 0 N–H and O–H groups in total. The summed E-state index contributed by atoms with van der Waals surface area (Å²) >= 11 is 3.25. The molecule has 0 atom stereocenters. The third kappa shape index (κ3) is 2.67. The Morgan fingerprint density at radius 2 is 2.38 bits per heavy atom. The van der Waals surface area contributed by atoms with E-state index in [9.17, 15) is 4.79 Å². The first kappa shape index (κ1) is 11.7. The molecular formula is C12H16BrNO2. The summed E-state index contributed by atoms with van der Waals surface area (Å²) in [6.07, 6.45) is 5.06. The van der Waals surface area contributed by atoms with Crippen LogP contribution in [-0.2, 0) is 0 Å². The summed E-state index contributed by atoms with van der Waals surface area (Å²) in [5, 5.41) is 0. The van der Waals surface area contributed by atoms with Gasteiger partial charge in [0.25, 0.3) is 5.91 Å². The topological polar surface area (TPSA) is 33.5 Å². The zero-order valence-electron chi connectivity index (χ0n) is 9.41. The van der Waals surface area contributed by atoms with E-state index in [1.165, 1.54) is 12.8 Å². The van der Waals surface area contributed by atoms with E-state index >= 15 is 0 Å². The normalized spacial score (nSPS) is 15.1. The Morgan fingerprint density at radius 1 is 1.62 bits per heavy atom. The van der Waals surface area contributed by atoms with Crippen LogP contribution in [0.25, 0.3) is 0 Å². The Labute approximate surface area is 104 Å². The van der Waals surface area contributed by atoms with Gasteiger partial charge in [0, 0.05) is 13.1 Å². The second kappa shape index (κ2) is 5.04. The summed E-state index contributed by atoms with van der Waals surface area (Å²) in [5.41, 5.74) is 0.633.